The fourth-order valence-corrected chi connectivity index (χ4v) is 4.20. The summed E-state index contributed by atoms with van der Waals surface area (Å²) < 4.78 is 22.5. The van der Waals surface area contributed by atoms with Gasteiger partial charge < -0.3 is 24.3 Å². The molecule has 4 aromatic rings. The molecule has 216 valence electrons. The Labute approximate surface area is 255 Å². The number of carbonyl (C=O) groups is 3. The molecule has 10 nitrogen and oxygen atoms in total. The van der Waals surface area contributed by atoms with Gasteiger partial charge in [0.05, 0.1) is 18.9 Å². The van der Waals surface area contributed by atoms with Gasteiger partial charge in [0.2, 0.25) is 6.79 Å². The van der Waals surface area contributed by atoms with Crippen LogP contribution in [0.3, 0.4) is 0 Å². The van der Waals surface area contributed by atoms with Gasteiger partial charge in [-0.1, -0.05) is 40.2 Å². The lowest BCUT2D eigenvalue weighted by molar-refractivity contribution is -0.117. The molecule has 0 saturated heterocycles. The number of rotatable bonds is 9. The summed E-state index contributed by atoms with van der Waals surface area (Å²) in [5.74, 6) is -0.0476. The Kier molecular flexibility index (Phi) is 9.13. The summed E-state index contributed by atoms with van der Waals surface area (Å²) in [5, 5.41) is 6.69. The Balaban J connectivity index is 1.30. The van der Waals surface area contributed by atoms with E-state index in [4.69, 9.17) is 18.9 Å². The highest BCUT2D eigenvalue weighted by Crippen LogP contribution is 2.33. The lowest BCUT2D eigenvalue weighted by Crippen LogP contribution is -2.32. The molecule has 2 N–H and O–H groups in total. The normalized spacial score (nSPS) is 12.1. The van der Waals surface area contributed by atoms with Gasteiger partial charge in [0.25, 0.3) is 11.8 Å². The third-order valence-corrected chi connectivity index (χ3v) is 6.62. The molecule has 0 atom stereocenters. The van der Waals surface area contributed by atoms with Crippen molar-refractivity contribution in [2.75, 3.05) is 13.9 Å². The molecule has 1 aliphatic rings. The Bertz CT molecular complexity index is 1720. The second-order valence-electron chi connectivity index (χ2n) is 9.00. The molecule has 0 aliphatic carbocycles. The Morgan fingerprint density at radius 1 is 0.837 bits per heavy atom. The first kappa shape index (κ1) is 29.1. The van der Waals surface area contributed by atoms with Crippen LogP contribution in [0.2, 0.25) is 0 Å². The number of nitrogens with one attached hydrogen (secondary N) is 2. The first-order valence-corrected chi connectivity index (χ1v) is 13.7. The number of amides is 2. The minimum Gasteiger partial charge on any atom is -0.493 e. The van der Waals surface area contributed by atoms with Gasteiger partial charge in [0.15, 0.2) is 23.0 Å². The van der Waals surface area contributed by atoms with E-state index in [1.165, 1.54) is 19.4 Å². The zero-order valence-electron chi connectivity index (χ0n) is 22.7. The third-order valence-electron chi connectivity index (χ3n) is 6.09. The average molecular weight is 642 g/mol. The summed E-state index contributed by atoms with van der Waals surface area (Å²) in [7, 11) is 1.44. The molecular weight excluding hydrogens is 618 g/mol. The number of esters is 1. The highest BCUT2D eigenvalue weighted by atomic mass is 79.9. The molecule has 0 radical (unpaired) electrons. The molecule has 0 aromatic heterocycles. The number of benzene rings is 4. The highest BCUT2D eigenvalue weighted by molar-refractivity contribution is 9.10. The molecule has 0 fully saturated rings. The van der Waals surface area contributed by atoms with Crippen LogP contribution in [0.5, 0.6) is 23.0 Å². The van der Waals surface area contributed by atoms with E-state index in [1.54, 1.807) is 91.0 Å². The number of hydrazone groups is 1. The fraction of sp³-hybridized carbons (Fsp3) is 0.0625. The SMILES string of the molecule is COc1cc(/C=N/NC(=O)/C(=C/c2ccc3c(c2)OCO3)NC(=O)c2ccccc2)ccc1OC(=O)c1ccc(Br)cc1. The van der Waals surface area contributed by atoms with Crippen LogP contribution >= 0.6 is 15.9 Å². The summed E-state index contributed by atoms with van der Waals surface area (Å²) in [4.78, 5) is 38.5. The highest BCUT2D eigenvalue weighted by Gasteiger charge is 2.17. The van der Waals surface area contributed by atoms with Crippen molar-refractivity contribution in [1.29, 1.82) is 0 Å². The first-order valence-electron chi connectivity index (χ1n) is 12.9. The summed E-state index contributed by atoms with van der Waals surface area (Å²) >= 11 is 3.33. The summed E-state index contributed by atoms with van der Waals surface area (Å²) in [5.41, 5.74) is 4.30. The van der Waals surface area contributed by atoms with Crippen LogP contribution in [0, 0.1) is 0 Å². The molecule has 5 rings (SSSR count). The number of halogens is 1. The van der Waals surface area contributed by atoms with Crippen molar-refractivity contribution in [1.82, 2.24) is 10.7 Å². The van der Waals surface area contributed by atoms with Crippen molar-refractivity contribution in [3.05, 3.63) is 123 Å². The first-order chi connectivity index (χ1) is 20.9. The molecular formula is C32H24BrN3O7. The quantitative estimate of drug-likeness (QED) is 0.0832. The van der Waals surface area contributed by atoms with Crippen molar-refractivity contribution in [2.45, 2.75) is 0 Å². The van der Waals surface area contributed by atoms with E-state index in [2.05, 4.69) is 31.8 Å². The van der Waals surface area contributed by atoms with Gasteiger partial charge in [-0.25, -0.2) is 10.2 Å². The number of hydrogen-bond acceptors (Lipinski definition) is 8. The fourth-order valence-electron chi connectivity index (χ4n) is 3.93. The average Bonchev–Trinajstić information content (AvgIpc) is 3.50. The van der Waals surface area contributed by atoms with Gasteiger partial charge in [-0.05, 0) is 83.9 Å². The standard InChI is InChI=1S/C32H24BrN3O7/c1-40-28-17-21(8-14-27(28)43-32(39)23-9-11-24(33)12-10-23)18-34-36-31(38)25(35-30(37)22-5-3-2-4-6-22)15-20-7-13-26-29(16-20)42-19-41-26/h2-18H,19H2,1H3,(H,35,37)(H,36,38)/b25-15-,34-18+. The zero-order chi connectivity index (χ0) is 30.2. The van der Waals surface area contributed by atoms with Crippen LogP contribution < -0.4 is 29.7 Å². The van der Waals surface area contributed by atoms with E-state index in [0.717, 1.165) is 4.47 Å². The van der Waals surface area contributed by atoms with Crippen molar-refractivity contribution < 1.29 is 33.3 Å². The number of hydrogen-bond donors (Lipinski definition) is 2. The molecule has 11 heteroatoms. The molecule has 0 bridgehead atoms. The van der Waals surface area contributed by atoms with Gasteiger partial charge in [-0.2, -0.15) is 5.10 Å². The molecule has 2 amide bonds. The lowest BCUT2D eigenvalue weighted by Gasteiger charge is -2.10. The minimum absolute atomic E-state index is 0.0438. The Morgan fingerprint density at radius 3 is 2.35 bits per heavy atom. The number of nitrogens with zero attached hydrogens (tertiary/aromatic N) is 1. The summed E-state index contributed by atoms with van der Waals surface area (Å²) in [6, 6.07) is 25.2. The third kappa shape index (κ3) is 7.46. The van der Waals surface area contributed by atoms with E-state index < -0.39 is 17.8 Å². The van der Waals surface area contributed by atoms with Crippen LogP contribution in [0.4, 0.5) is 0 Å². The van der Waals surface area contributed by atoms with Gasteiger partial charge in [-0.15, -0.1) is 0 Å². The second kappa shape index (κ2) is 13.5. The van der Waals surface area contributed by atoms with E-state index in [1.807, 2.05) is 0 Å². The van der Waals surface area contributed by atoms with Crippen LogP contribution in [0.25, 0.3) is 6.08 Å². The lowest BCUT2D eigenvalue weighted by atomic mass is 10.1. The topological polar surface area (TPSA) is 125 Å². The van der Waals surface area contributed by atoms with Crippen LogP contribution in [-0.2, 0) is 4.79 Å². The van der Waals surface area contributed by atoms with Gasteiger partial charge in [0.1, 0.15) is 5.70 Å². The molecule has 1 heterocycles. The predicted octanol–water partition coefficient (Wildman–Crippen LogP) is 5.33. The van der Waals surface area contributed by atoms with E-state index >= 15 is 0 Å². The van der Waals surface area contributed by atoms with Crippen LogP contribution in [-0.4, -0.2) is 37.9 Å². The number of carbonyl (C=O) groups excluding carboxylic acids is 3. The van der Waals surface area contributed by atoms with Crippen molar-refractivity contribution in [3.8, 4) is 23.0 Å². The molecule has 4 aromatic carbocycles. The van der Waals surface area contributed by atoms with Crippen molar-refractivity contribution in [3.63, 3.8) is 0 Å². The van der Waals surface area contributed by atoms with E-state index in [0.29, 0.717) is 39.5 Å². The molecule has 0 saturated carbocycles. The maximum Gasteiger partial charge on any atom is 0.343 e. The largest absolute Gasteiger partial charge is 0.493 e. The van der Waals surface area contributed by atoms with E-state index in [-0.39, 0.29) is 18.2 Å². The number of ether oxygens (including phenoxy) is 4. The van der Waals surface area contributed by atoms with E-state index in [9.17, 15) is 14.4 Å². The van der Waals surface area contributed by atoms with Crippen molar-refractivity contribution in [2.24, 2.45) is 5.10 Å². The number of fused-ring (bicyclic) bond motifs is 1. The van der Waals surface area contributed by atoms with Gasteiger partial charge in [0, 0.05) is 10.0 Å². The maximum atomic E-state index is 13.1. The minimum atomic E-state index is -0.662. The monoisotopic (exact) mass is 641 g/mol. The smallest absolute Gasteiger partial charge is 0.343 e. The molecule has 1 aliphatic heterocycles. The van der Waals surface area contributed by atoms with Gasteiger partial charge in [-0.3, -0.25) is 9.59 Å². The summed E-state index contributed by atoms with van der Waals surface area (Å²) in [6.45, 7) is 0.106. The van der Waals surface area contributed by atoms with Crippen LogP contribution in [0.1, 0.15) is 31.8 Å². The predicted molar refractivity (Wildman–Crippen MR) is 162 cm³/mol. The van der Waals surface area contributed by atoms with Gasteiger partial charge >= 0.3 is 5.97 Å². The Hall–Kier alpha value is -5.42. The zero-order valence-corrected chi connectivity index (χ0v) is 24.3. The molecule has 43 heavy (non-hydrogen) atoms. The molecule has 0 spiro atoms. The van der Waals surface area contributed by atoms with Crippen LogP contribution in [0.15, 0.2) is 106 Å². The van der Waals surface area contributed by atoms with Crippen molar-refractivity contribution >= 4 is 46.0 Å². The number of methoxy groups -OCH3 is 1. The summed E-state index contributed by atoms with van der Waals surface area (Å²) in [6.07, 6.45) is 2.89. The molecule has 0 unspecified atom stereocenters. The second-order valence-corrected chi connectivity index (χ2v) is 9.91. The Morgan fingerprint density at radius 2 is 1.58 bits per heavy atom. The maximum absolute atomic E-state index is 13.1.